The standard InChI is InChI=1S/C16H25ClN4O2/c1-11-10-18-14(19-13(11)17)20(5)12-6-8-21(9-7-12)15(22)23-16(2,3)4/h10,12H,6-9H2,1-5H3. The number of nitrogens with zero attached hydrogens (tertiary/aromatic N) is 4. The van der Waals surface area contributed by atoms with Crippen LogP contribution in [0.15, 0.2) is 6.20 Å². The van der Waals surface area contributed by atoms with Crippen LogP contribution in [-0.4, -0.2) is 52.7 Å². The molecule has 1 fully saturated rings. The number of ether oxygens (including phenoxy) is 1. The fraction of sp³-hybridized carbons (Fsp3) is 0.688. The van der Waals surface area contributed by atoms with Crippen LogP contribution in [0, 0.1) is 6.92 Å². The molecule has 0 radical (unpaired) electrons. The highest BCUT2D eigenvalue weighted by Gasteiger charge is 2.29. The van der Waals surface area contributed by atoms with Gasteiger partial charge in [0.1, 0.15) is 10.8 Å². The van der Waals surface area contributed by atoms with Crippen molar-refractivity contribution in [2.75, 3.05) is 25.0 Å². The number of likely N-dealkylation sites (tertiary alicyclic amines) is 1. The van der Waals surface area contributed by atoms with Crippen LogP contribution in [0.1, 0.15) is 39.2 Å². The number of hydrogen-bond donors (Lipinski definition) is 0. The molecule has 2 rings (SSSR count). The highest BCUT2D eigenvalue weighted by Crippen LogP contribution is 2.22. The summed E-state index contributed by atoms with van der Waals surface area (Å²) in [6.07, 6.45) is 3.19. The van der Waals surface area contributed by atoms with E-state index in [1.165, 1.54) is 0 Å². The van der Waals surface area contributed by atoms with Gasteiger partial charge in [0.2, 0.25) is 5.95 Å². The molecule has 1 aliphatic rings. The van der Waals surface area contributed by atoms with Crippen molar-refractivity contribution in [1.29, 1.82) is 0 Å². The minimum Gasteiger partial charge on any atom is -0.444 e. The van der Waals surface area contributed by atoms with Crippen molar-refractivity contribution >= 4 is 23.6 Å². The second kappa shape index (κ2) is 6.91. The van der Waals surface area contributed by atoms with E-state index in [0.717, 1.165) is 18.4 Å². The van der Waals surface area contributed by atoms with Crippen molar-refractivity contribution in [3.63, 3.8) is 0 Å². The zero-order valence-electron chi connectivity index (χ0n) is 14.5. The van der Waals surface area contributed by atoms with Crippen molar-refractivity contribution in [3.8, 4) is 0 Å². The predicted octanol–water partition coefficient (Wildman–Crippen LogP) is 3.27. The number of piperidine rings is 1. The van der Waals surface area contributed by atoms with E-state index in [0.29, 0.717) is 24.2 Å². The first-order valence-corrected chi connectivity index (χ1v) is 8.25. The Kier molecular flexibility index (Phi) is 5.34. The third kappa shape index (κ3) is 4.70. The van der Waals surface area contributed by atoms with Gasteiger partial charge in [-0.25, -0.2) is 14.8 Å². The summed E-state index contributed by atoms with van der Waals surface area (Å²) >= 11 is 6.08. The van der Waals surface area contributed by atoms with Crippen LogP contribution < -0.4 is 4.90 Å². The maximum absolute atomic E-state index is 12.1. The number of carbonyl (C=O) groups excluding carboxylic acids is 1. The van der Waals surface area contributed by atoms with Crippen molar-refractivity contribution in [1.82, 2.24) is 14.9 Å². The predicted molar refractivity (Wildman–Crippen MR) is 91.0 cm³/mol. The zero-order valence-corrected chi connectivity index (χ0v) is 15.2. The van der Waals surface area contributed by atoms with E-state index in [1.54, 1.807) is 11.1 Å². The topological polar surface area (TPSA) is 58.6 Å². The Bertz CT molecular complexity index is 566. The molecule has 6 nitrogen and oxygen atoms in total. The van der Waals surface area contributed by atoms with E-state index in [2.05, 4.69) is 9.97 Å². The van der Waals surface area contributed by atoms with Gasteiger partial charge < -0.3 is 14.5 Å². The first kappa shape index (κ1) is 17.8. The Morgan fingerprint density at radius 2 is 2.00 bits per heavy atom. The summed E-state index contributed by atoms with van der Waals surface area (Å²) in [7, 11) is 1.97. The number of hydrogen-bond acceptors (Lipinski definition) is 5. The number of rotatable bonds is 2. The van der Waals surface area contributed by atoms with Crippen molar-refractivity contribution in [2.45, 2.75) is 52.2 Å². The van der Waals surface area contributed by atoms with Crippen molar-refractivity contribution in [2.24, 2.45) is 0 Å². The van der Waals surface area contributed by atoms with E-state index < -0.39 is 5.60 Å². The molecule has 2 heterocycles. The minimum absolute atomic E-state index is 0.242. The summed E-state index contributed by atoms with van der Waals surface area (Å²) in [5.74, 6) is 0.622. The molecule has 7 heteroatoms. The van der Waals surface area contributed by atoms with Gasteiger partial charge in [0.15, 0.2) is 0 Å². The first-order chi connectivity index (χ1) is 10.7. The van der Waals surface area contributed by atoms with E-state index in [1.807, 2.05) is 39.6 Å². The lowest BCUT2D eigenvalue weighted by molar-refractivity contribution is 0.0205. The fourth-order valence-corrected chi connectivity index (χ4v) is 2.63. The average molecular weight is 341 g/mol. The van der Waals surface area contributed by atoms with Gasteiger partial charge in [-0.05, 0) is 40.5 Å². The first-order valence-electron chi connectivity index (χ1n) is 7.87. The van der Waals surface area contributed by atoms with Crippen LogP contribution in [0.3, 0.4) is 0 Å². The van der Waals surface area contributed by atoms with Gasteiger partial charge in [-0.1, -0.05) is 11.6 Å². The normalized spacial score (nSPS) is 16.3. The highest BCUT2D eigenvalue weighted by molar-refractivity contribution is 6.30. The van der Waals surface area contributed by atoms with Gasteiger partial charge in [0.25, 0.3) is 0 Å². The van der Waals surface area contributed by atoms with Gasteiger partial charge in [-0.2, -0.15) is 0 Å². The van der Waals surface area contributed by atoms with Gasteiger partial charge in [-0.3, -0.25) is 0 Å². The lowest BCUT2D eigenvalue weighted by Gasteiger charge is -2.37. The molecule has 0 saturated carbocycles. The lowest BCUT2D eigenvalue weighted by atomic mass is 10.0. The number of aromatic nitrogens is 2. The SMILES string of the molecule is Cc1cnc(N(C)C2CCN(C(=O)OC(C)(C)C)CC2)nc1Cl. The van der Waals surface area contributed by atoms with Gasteiger partial charge in [0, 0.05) is 37.9 Å². The van der Waals surface area contributed by atoms with Crippen LogP contribution in [0.4, 0.5) is 10.7 Å². The molecule has 1 aromatic rings. The molecule has 1 saturated heterocycles. The minimum atomic E-state index is -0.461. The van der Waals surface area contributed by atoms with Crippen molar-refractivity contribution < 1.29 is 9.53 Å². The summed E-state index contributed by atoms with van der Waals surface area (Å²) in [5, 5.41) is 0.480. The van der Waals surface area contributed by atoms with E-state index in [4.69, 9.17) is 16.3 Å². The fourth-order valence-electron chi connectivity index (χ4n) is 2.51. The maximum Gasteiger partial charge on any atom is 0.410 e. The largest absolute Gasteiger partial charge is 0.444 e. The van der Waals surface area contributed by atoms with Gasteiger partial charge in [-0.15, -0.1) is 0 Å². The monoisotopic (exact) mass is 340 g/mol. The third-order valence-corrected chi connectivity index (χ3v) is 4.26. The summed E-state index contributed by atoms with van der Waals surface area (Å²) < 4.78 is 5.42. The number of amides is 1. The number of aryl methyl sites for hydroxylation is 1. The molecule has 0 spiro atoms. The number of carbonyl (C=O) groups is 1. The molecule has 0 bridgehead atoms. The van der Waals surface area contributed by atoms with Crippen molar-refractivity contribution in [3.05, 3.63) is 16.9 Å². The molecular formula is C16H25ClN4O2. The van der Waals surface area contributed by atoms with Gasteiger partial charge >= 0.3 is 6.09 Å². The summed E-state index contributed by atoms with van der Waals surface area (Å²) in [6.45, 7) is 8.86. The molecule has 0 atom stereocenters. The Balaban J connectivity index is 1.93. The van der Waals surface area contributed by atoms with Crippen LogP contribution in [0.5, 0.6) is 0 Å². The summed E-state index contributed by atoms with van der Waals surface area (Å²) in [4.78, 5) is 24.6. The van der Waals surface area contributed by atoms with Crippen LogP contribution in [0.2, 0.25) is 5.15 Å². The molecule has 23 heavy (non-hydrogen) atoms. The number of anilines is 1. The molecule has 128 valence electrons. The average Bonchev–Trinajstić information content (AvgIpc) is 2.48. The molecule has 0 N–H and O–H groups in total. The summed E-state index contributed by atoms with van der Waals surface area (Å²) in [5.41, 5.74) is 0.403. The van der Waals surface area contributed by atoms with E-state index in [-0.39, 0.29) is 12.1 Å². The summed E-state index contributed by atoms with van der Waals surface area (Å²) in [6, 6.07) is 0.285. The quantitative estimate of drug-likeness (QED) is 0.773. The van der Waals surface area contributed by atoms with E-state index in [9.17, 15) is 4.79 Å². The lowest BCUT2D eigenvalue weighted by Crippen LogP contribution is -2.47. The highest BCUT2D eigenvalue weighted by atomic mass is 35.5. The number of halogens is 1. The molecule has 1 amide bonds. The second-order valence-corrected chi connectivity index (χ2v) is 7.31. The molecular weight excluding hydrogens is 316 g/mol. The third-order valence-electron chi connectivity index (χ3n) is 3.88. The van der Waals surface area contributed by atoms with Crippen LogP contribution >= 0.6 is 11.6 Å². The zero-order chi connectivity index (χ0) is 17.2. The molecule has 1 aromatic heterocycles. The Hall–Kier alpha value is -1.56. The molecule has 0 aliphatic carbocycles. The Morgan fingerprint density at radius 3 is 2.52 bits per heavy atom. The van der Waals surface area contributed by atoms with Crippen LogP contribution in [-0.2, 0) is 4.74 Å². The Labute approximate surface area is 142 Å². The molecule has 0 aromatic carbocycles. The van der Waals surface area contributed by atoms with Crippen LogP contribution in [0.25, 0.3) is 0 Å². The van der Waals surface area contributed by atoms with E-state index >= 15 is 0 Å². The van der Waals surface area contributed by atoms with Gasteiger partial charge in [0.05, 0.1) is 0 Å². The second-order valence-electron chi connectivity index (χ2n) is 6.95. The molecule has 1 aliphatic heterocycles. The maximum atomic E-state index is 12.1. The molecule has 0 unspecified atom stereocenters. The Morgan fingerprint density at radius 1 is 1.39 bits per heavy atom. The smallest absolute Gasteiger partial charge is 0.410 e.